The van der Waals surface area contributed by atoms with Crippen LogP contribution >= 0.6 is 0 Å². The summed E-state index contributed by atoms with van der Waals surface area (Å²) in [6.45, 7) is 3.41. The number of hydrogen-bond acceptors (Lipinski definition) is 2. The Morgan fingerprint density at radius 2 is 2.23 bits per heavy atom. The molecule has 0 aromatic carbocycles. The maximum absolute atomic E-state index is 12.5. The standard InChI is InChI=1S/C9H18F2N2/c1-9(10,11)4-6-13(2)8-3-5-12-7-8/h8,12H,3-7H2,1-2H3. The predicted molar refractivity (Wildman–Crippen MR) is 49.1 cm³/mol. The molecule has 1 N–H and O–H groups in total. The van der Waals surface area contributed by atoms with Crippen molar-refractivity contribution in [2.45, 2.75) is 31.7 Å². The van der Waals surface area contributed by atoms with Gasteiger partial charge in [-0.1, -0.05) is 0 Å². The Balaban J connectivity index is 2.20. The first-order valence-electron chi connectivity index (χ1n) is 4.78. The van der Waals surface area contributed by atoms with E-state index in [-0.39, 0.29) is 6.42 Å². The van der Waals surface area contributed by atoms with Gasteiger partial charge in [0.1, 0.15) is 0 Å². The van der Waals surface area contributed by atoms with Crippen LogP contribution in [0.5, 0.6) is 0 Å². The molecule has 1 heterocycles. The fourth-order valence-corrected chi connectivity index (χ4v) is 1.57. The molecule has 1 aliphatic heterocycles. The summed E-state index contributed by atoms with van der Waals surface area (Å²) in [4.78, 5) is 2.03. The molecule has 1 unspecified atom stereocenters. The van der Waals surface area contributed by atoms with Crippen LogP contribution in [-0.4, -0.2) is 43.5 Å². The lowest BCUT2D eigenvalue weighted by atomic mass is 10.2. The zero-order chi connectivity index (χ0) is 9.90. The largest absolute Gasteiger partial charge is 0.315 e. The van der Waals surface area contributed by atoms with Crippen LogP contribution in [-0.2, 0) is 0 Å². The molecule has 0 amide bonds. The summed E-state index contributed by atoms with van der Waals surface area (Å²) in [7, 11) is 1.92. The number of likely N-dealkylation sites (N-methyl/N-ethyl adjacent to an activating group) is 1. The van der Waals surface area contributed by atoms with E-state index in [9.17, 15) is 8.78 Å². The Kier molecular flexibility index (Phi) is 3.62. The van der Waals surface area contributed by atoms with Crippen molar-refractivity contribution in [3.05, 3.63) is 0 Å². The second kappa shape index (κ2) is 4.33. The van der Waals surface area contributed by atoms with Crippen LogP contribution in [0.25, 0.3) is 0 Å². The maximum atomic E-state index is 12.5. The molecule has 0 spiro atoms. The Morgan fingerprint density at radius 3 is 2.69 bits per heavy atom. The fraction of sp³-hybridized carbons (Fsp3) is 1.00. The molecule has 0 aromatic heterocycles. The molecule has 2 nitrogen and oxygen atoms in total. The van der Waals surface area contributed by atoms with Gasteiger partial charge < -0.3 is 10.2 Å². The van der Waals surface area contributed by atoms with Gasteiger partial charge in [-0.05, 0) is 26.9 Å². The molecule has 4 heteroatoms. The predicted octanol–water partition coefficient (Wildman–Crippen LogP) is 1.33. The third-order valence-electron chi connectivity index (χ3n) is 2.56. The summed E-state index contributed by atoms with van der Waals surface area (Å²) in [6.07, 6.45) is 1.03. The van der Waals surface area contributed by atoms with Gasteiger partial charge in [0.05, 0.1) is 0 Å². The van der Waals surface area contributed by atoms with Crippen LogP contribution in [0, 0.1) is 0 Å². The normalized spacial score (nSPS) is 24.2. The van der Waals surface area contributed by atoms with Gasteiger partial charge in [-0.2, -0.15) is 0 Å². The molecule has 0 bridgehead atoms. The average Bonchev–Trinajstić information content (AvgIpc) is 2.50. The average molecular weight is 192 g/mol. The molecule has 78 valence electrons. The van der Waals surface area contributed by atoms with Gasteiger partial charge in [-0.15, -0.1) is 0 Å². The molecule has 0 radical (unpaired) electrons. The summed E-state index contributed by atoms with van der Waals surface area (Å²) in [5.74, 6) is -2.53. The van der Waals surface area contributed by atoms with Crippen molar-refractivity contribution in [3.63, 3.8) is 0 Å². The Bertz CT molecular complexity index is 150. The number of hydrogen-bond donors (Lipinski definition) is 1. The Morgan fingerprint density at radius 1 is 1.54 bits per heavy atom. The minimum Gasteiger partial charge on any atom is -0.315 e. The SMILES string of the molecule is CN(CCC(C)(F)F)C1CCNC1. The fourth-order valence-electron chi connectivity index (χ4n) is 1.57. The van der Waals surface area contributed by atoms with Crippen molar-refractivity contribution in [1.82, 2.24) is 10.2 Å². The van der Waals surface area contributed by atoms with Crippen molar-refractivity contribution in [3.8, 4) is 0 Å². The number of alkyl halides is 2. The number of rotatable bonds is 4. The van der Waals surface area contributed by atoms with Gasteiger partial charge in [0, 0.05) is 25.6 Å². The highest BCUT2D eigenvalue weighted by molar-refractivity contribution is 4.79. The lowest BCUT2D eigenvalue weighted by molar-refractivity contribution is 0.00261. The first-order chi connectivity index (χ1) is 5.99. The minimum absolute atomic E-state index is 0.0417. The van der Waals surface area contributed by atoms with Gasteiger partial charge in [0.2, 0.25) is 5.92 Å². The monoisotopic (exact) mass is 192 g/mol. The molecule has 1 atom stereocenters. The third-order valence-corrected chi connectivity index (χ3v) is 2.56. The summed E-state index contributed by atoms with van der Waals surface area (Å²) in [5.41, 5.74) is 0. The number of nitrogens with zero attached hydrogens (tertiary/aromatic N) is 1. The van der Waals surface area contributed by atoms with Gasteiger partial charge in [0.25, 0.3) is 0 Å². The van der Waals surface area contributed by atoms with Crippen molar-refractivity contribution in [2.75, 3.05) is 26.7 Å². The van der Waals surface area contributed by atoms with Gasteiger partial charge in [-0.3, -0.25) is 0 Å². The minimum atomic E-state index is -2.53. The Hall–Kier alpha value is -0.220. The molecule has 0 aliphatic carbocycles. The summed E-state index contributed by atoms with van der Waals surface area (Å²) in [5, 5.41) is 3.22. The number of nitrogens with one attached hydrogen (secondary N) is 1. The molecular formula is C9H18F2N2. The van der Waals surface area contributed by atoms with E-state index < -0.39 is 5.92 Å². The summed E-state index contributed by atoms with van der Waals surface area (Å²) >= 11 is 0. The highest BCUT2D eigenvalue weighted by atomic mass is 19.3. The quantitative estimate of drug-likeness (QED) is 0.722. The van der Waals surface area contributed by atoms with Crippen molar-refractivity contribution in [1.29, 1.82) is 0 Å². The van der Waals surface area contributed by atoms with Crippen molar-refractivity contribution < 1.29 is 8.78 Å². The van der Waals surface area contributed by atoms with Crippen LogP contribution in [0.1, 0.15) is 19.8 Å². The van der Waals surface area contributed by atoms with Crippen LogP contribution in [0.3, 0.4) is 0 Å². The zero-order valence-corrected chi connectivity index (χ0v) is 8.32. The van der Waals surface area contributed by atoms with E-state index in [4.69, 9.17) is 0 Å². The third kappa shape index (κ3) is 4.00. The maximum Gasteiger partial charge on any atom is 0.246 e. The molecule has 1 fully saturated rings. The lowest BCUT2D eigenvalue weighted by Gasteiger charge is -2.24. The molecule has 0 saturated carbocycles. The van der Waals surface area contributed by atoms with Crippen LogP contribution in [0.2, 0.25) is 0 Å². The molecule has 1 saturated heterocycles. The molecule has 13 heavy (non-hydrogen) atoms. The smallest absolute Gasteiger partial charge is 0.246 e. The first kappa shape index (κ1) is 10.9. The summed E-state index contributed by atoms with van der Waals surface area (Å²) < 4.78 is 25.1. The van der Waals surface area contributed by atoms with Crippen LogP contribution < -0.4 is 5.32 Å². The van der Waals surface area contributed by atoms with Crippen LogP contribution in [0.15, 0.2) is 0 Å². The topological polar surface area (TPSA) is 15.3 Å². The zero-order valence-electron chi connectivity index (χ0n) is 8.32. The first-order valence-corrected chi connectivity index (χ1v) is 4.78. The van der Waals surface area contributed by atoms with E-state index in [0.717, 1.165) is 26.4 Å². The van der Waals surface area contributed by atoms with Gasteiger partial charge in [0.15, 0.2) is 0 Å². The van der Waals surface area contributed by atoms with E-state index in [1.165, 1.54) is 0 Å². The van der Waals surface area contributed by atoms with E-state index >= 15 is 0 Å². The van der Waals surface area contributed by atoms with Crippen LogP contribution in [0.4, 0.5) is 8.78 Å². The highest BCUT2D eigenvalue weighted by Gasteiger charge is 2.24. The lowest BCUT2D eigenvalue weighted by Crippen LogP contribution is -2.36. The van der Waals surface area contributed by atoms with E-state index in [1.54, 1.807) is 0 Å². The van der Waals surface area contributed by atoms with Gasteiger partial charge in [-0.25, -0.2) is 8.78 Å². The molecule has 1 aliphatic rings. The van der Waals surface area contributed by atoms with E-state index in [0.29, 0.717) is 12.6 Å². The second-order valence-corrected chi connectivity index (χ2v) is 3.95. The second-order valence-electron chi connectivity index (χ2n) is 3.95. The van der Waals surface area contributed by atoms with Crippen molar-refractivity contribution in [2.24, 2.45) is 0 Å². The van der Waals surface area contributed by atoms with Gasteiger partial charge >= 0.3 is 0 Å². The number of halogens is 2. The molecule has 0 aromatic rings. The highest BCUT2D eigenvalue weighted by Crippen LogP contribution is 2.18. The Labute approximate surface area is 78.3 Å². The molecule has 1 rings (SSSR count). The van der Waals surface area contributed by atoms with Crippen molar-refractivity contribution >= 4 is 0 Å². The van der Waals surface area contributed by atoms with E-state index in [1.807, 2.05) is 11.9 Å². The molecular weight excluding hydrogens is 174 g/mol. The summed E-state index contributed by atoms with van der Waals surface area (Å²) in [6, 6.07) is 0.447. The van der Waals surface area contributed by atoms with E-state index in [2.05, 4.69) is 5.32 Å².